The number of allylic oxidation sites excluding steroid dienone is 2. The number of amides is 1. The van der Waals surface area contributed by atoms with Crippen LogP contribution in [0.25, 0.3) is 0 Å². The zero-order valence-corrected chi connectivity index (χ0v) is 6.72. The summed E-state index contributed by atoms with van der Waals surface area (Å²) in [7, 11) is 0. The smallest absolute Gasteiger partial charge is 0.217 e. The van der Waals surface area contributed by atoms with Gasteiger partial charge in [0.1, 0.15) is 0 Å². The van der Waals surface area contributed by atoms with E-state index in [1.807, 2.05) is 25.2 Å². The van der Waals surface area contributed by atoms with Crippen LogP contribution in [0, 0.1) is 6.42 Å². The normalized spacial score (nSPS) is 22.7. The van der Waals surface area contributed by atoms with Gasteiger partial charge in [-0.3, -0.25) is 4.79 Å². The van der Waals surface area contributed by atoms with Gasteiger partial charge in [-0.15, -0.1) is 0 Å². The monoisotopic (exact) mass is 149 g/mol. The van der Waals surface area contributed by atoms with Crippen LogP contribution in [-0.2, 0) is 4.79 Å². The van der Waals surface area contributed by atoms with Gasteiger partial charge in [-0.2, -0.15) is 0 Å². The Bertz CT molecular complexity index is 216. The van der Waals surface area contributed by atoms with E-state index in [9.17, 15) is 4.79 Å². The van der Waals surface area contributed by atoms with Crippen molar-refractivity contribution in [2.24, 2.45) is 0 Å². The number of carbonyl (C=O) groups excluding carboxylic acids is 1. The zero-order valence-electron chi connectivity index (χ0n) is 6.72. The summed E-state index contributed by atoms with van der Waals surface area (Å²) in [5.41, 5.74) is 1.16. The lowest BCUT2D eigenvalue weighted by Crippen LogP contribution is -2.32. The fraction of sp³-hybridized carbons (Fsp3) is 0.333. The molecule has 0 aromatic heterocycles. The molecule has 2 nitrogen and oxygen atoms in total. The third-order valence-corrected chi connectivity index (χ3v) is 1.41. The van der Waals surface area contributed by atoms with E-state index in [4.69, 9.17) is 0 Å². The summed E-state index contributed by atoms with van der Waals surface area (Å²) < 4.78 is 0. The van der Waals surface area contributed by atoms with E-state index in [2.05, 4.69) is 11.7 Å². The highest BCUT2D eigenvalue weighted by atomic mass is 16.1. The van der Waals surface area contributed by atoms with Crippen LogP contribution in [-0.4, -0.2) is 11.9 Å². The minimum Gasteiger partial charge on any atom is -0.349 e. The molecule has 1 N–H and O–H groups in total. The van der Waals surface area contributed by atoms with Crippen molar-refractivity contribution >= 4 is 5.91 Å². The topological polar surface area (TPSA) is 29.1 Å². The second-order valence-corrected chi connectivity index (χ2v) is 2.59. The summed E-state index contributed by atoms with van der Waals surface area (Å²) in [5, 5.41) is 2.73. The highest BCUT2D eigenvalue weighted by molar-refractivity contribution is 5.73. The maximum atomic E-state index is 10.6. The molecule has 0 aromatic carbocycles. The van der Waals surface area contributed by atoms with Crippen molar-refractivity contribution in [3.05, 3.63) is 30.2 Å². The van der Waals surface area contributed by atoms with Crippen LogP contribution in [0.5, 0.6) is 0 Å². The molecule has 1 unspecified atom stereocenters. The van der Waals surface area contributed by atoms with Gasteiger partial charge in [0.15, 0.2) is 0 Å². The number of hydrogen-bond acceptors (Lipinski definition) is 1. The fourth-order valence-corrected chi connectivity index (χ4v) is 0.952. The van der Waals surface area contributed by atoms with Crippen molar-refractivity contribution < 1.29 is 4.79 Å². The Labute approximate surface area is 67.0 Å². The van der Waals surface area contributed by atoms with E-state index < -0.39 is 0 Å². The van der Waals surface area contributed by atoms with Crippen molar-refractivity contribution in [1.29, 1.82) is 0 Å². The molecular formula is C9H11NO. The van der Waals surface area contributed by atoms with Gasteiger partial charge in [-0.1, -0.05) is 23.8 Å². The molecule has 0 aromatic rings. The van der Waals surface area contributed by atoms with Gasteiger partial charge >= 0.3 is 0 Å². The van der Waals surface area contributed by atoms with Crippen molar-refractivity contribution in [2.45, 2.75) is 19.9 Å². The summed E-state index contributed by atoms with van der Waals surface area (Å²) in [6.07, 6.45) is 8.74. The molecule has 1 aliphatic rings. The SMILES string of the molecule is CC(=O)NC1[C]C=CC(C)=C1. The van der Waals surface area contributed by atoms with E-state index in [0.29, 0.717) is 0 Å². The zero-order chi connectivity index (χ0) is 8.27. The van der Waals surface area contributed by atoms with E-state index >= 15 is 0 Å². The fourth-order valence-electron chi connectivity index (χ4n) is 0.952. The average Bonchev–Trinajstić information content (AvgIpc) is 1.85. The van der Waals surface area contributed by atoms with E-state index in [-0.39, 0.29) is 11.9 Å². The molecule has 0 bridgehead atoms. The van der Waals surface area contributed by atoms with E-state index in [0.717, 1.165) is 5.57 Å². The molecule has 1 aliphatic carbocycles. The van der Waals surface area contributed by atoms with Crippen LogP contribution >= 0.6 is 0 Å². The van der Waals surface area contributed by atoms with Gasteiger partial charge in [0.05, 0.1) is 6.04 Å². The summed E-state index contributed by atoms with van der Waals surface area (Å²) >= 11 is 0. The Kier molecular flexibility index (Phi) is 2.47. The van der Waals surface area contributed by atoms with Gasteiger partial charge in [0.2, 0.25) is 5.91 Å². The summed E-state index contributed by atoms with van der Waals surface area (Å²) in [4.78, 5) is 10.6. The molecule has 1 rings (SSSR count). The highest BCUT2D eigenvalue weighted by Crippen LogP contribution is 2.08. The van der Waals surface area contributed by atoms with Crippen molar-refractivity contribution in [1.82, 2.24) is 5.32 Å². The first-order valence-corrected chi connectivity index (χ1v) is 3.56. The van der Waals surface area contributed by atoms with Gasteiger partial charge < -0.3 is 5.32 Å². The second kappa shape index (κ2) is 3.37. The second-order valence-electron chi connectivity index (χ2n) is 2.59. The number of hydrogen-bond donors (Lipinski definition) is 1. The summed E-state index contributed by atoms with van der Waals surface area (Å²) in [6, 6.07) is -0.0440. The molecular weight excluding hydrogens is 138 g/mol. The molecule has 1 amide bonds. The van der Waals surface area contributed by atoms with Crippen LogP contribution in [0.1, 0.15) is 13.8 Å². The quantitative estimate of drug-likeness (QED) is 0.594. The Morgan fingerprint density at radius 3 is 3.00 bits per heavy atom. The Morgan fingerprint density at radius 1 is 1.73 bits per heavy atom. The van der Waals surface area contributed by atoms with Crippen LogP contribution < -0.4 is 5.32 Å². The predicted molar refractivity (Wildman–Crippen MR) is 43.7 cm³/mol. The van der Waals surface area contributed by atoms with Gasteiger partial charge in [0.25, 0.3) is 0 Å². The van der Waals surface area contributed by atoms with Crippen LogP contribution in [0.4, 0.5) is 0 Å². The minimum absolute atomic E-state index is 0.0261. The molecule has 0 spiro atoms. The molecule has 0 fully saturated rings. The van der Waals surface area contributed by atoms with Gasteiger partial charge in [0, 0.05) is 13.3 Å². The van der Waals surface area contributed by atoms with E-state index in [1.165, 1.54) is 6.92 Å². The van der Waals surface area contributed by atoms with Gasteiger partial charge in [-0.25, -0.2) is 0 Å². The first-order valence-electron chi connectivity index (χ1n) is 3.56. The molecule has 0 saturated carbocycles. The molecule has 1 atom stereocenters. The Hall–Kier alpha value is -1.05. The molecule has 0 aliphatic heterocycles. The lowest BCUT2D eigenvalue weighted by molar-refractivity contribution is -0.119. The molecule has 0 heterocycles. The molecule has 11 heavy (non-hydrogen) atoms. The number of carbonyl (C=O) groups is 1. The average molecular weight is 149 g/mol. The lowest BCUT2D eigenvalue weighted by atomic mass is 10.0. The van der Waals surface area contributed by atoms with Crippen LogP contribution in [0.3, 0.4) is 0 Å². The largest absolute Gasteiger partial charge is 0.349 e. The van der Waals surface area contributed by atoms with E-state index in [1.54, 1.807) is 0 Å². The van der Waals surface area contributed by atoms with Crippen LogP contribution in [0.15, 0.2) is 23.8 Å². The maximum absolute atomic E-state index is 10.6. The third-order valence-electron chi connectivity index (χ3n) is 1.41. The first kappa shape index (κ1) is 8.05. The lowest BCUT2D eigenvalue weighted by Gasteiger charge is -2.14. The third kappa shape index (κ3) is 2.58. The number of nitrogens with one attached hydrogen (secondary N) is 1. The van der Waals surface area contributed by atoms with Crippen molar-refractivity contribution in [3.8, 4) is 0 Å². The highest BCUT2D eigenvalue weighted by Gasteiger charge is 2.07. The predicted octanol–water partition coefficient (Wildman–Crippen LogP) is 1.09. The standard InChI is InChI=1S/C9H11NO/c1-7-4-3-5-9(6-7)10-8(2)11/h3-4,6,9H,1-2H3,(H,10,11). The maximum Gasteiger partial charge on any atom is 0.217 e. The molecule has 0 saturated heterocycles. The summed E-state index contributed by atoms with van der Waals surface area (Å²) in [6.45, 7) is 3.50. The molecule has 2 heteroatoms. The minimum atomic E-state index is -0.0440. The summed E-state index contributed by atoms with van der Waals surface area (Å²) in [5.74, 6) is -0.0261. The number of rotatable bonds is 1. The Balaban J connectivity index is 2.50. The van der Waals surface area contributed by atoms with Crippen molar-refractivity contribution in [2.75, 3.05) is 0 Å². The molecule has 58 valence electrons. The Morgan fingerprint density at radius 2 is 2.45 bits per heavy atom. The van der Waals surface area contributed by atoms with Crippen LogP contribution in [0.2, 0.25) is 0 Å². The van der Waals surface area contributed by atoms with Crippen molar-refractivity contribution in [3.63, 3.8) is 0 Å². The van der Waals surface area contributed by atoms with Gasteiger partial charge in [-0.05, 0) is 6.92 Å². The molecule has 2 radical (unpaired) electrons. The first-order chi connectivity index (χ1) is 5.18.